The molecule has 1 aromatic heterocycles. The summed E-state index contributed by atoms with van der Waals surface area (Å²) in [5.41, 5.74) is 5.00. The van der Waals surface area contributed by atoms with Crippen molar-refractivity contribution in [2.24, 2.45) is 0 Å². The van der Waals surface area contributed by atoms with E-state index in [1.165, 1.54) is 26.3 Å². The first-order valence-corrected chi connectivity index (χ1v) is 13.1. The van der Waals surface area contributed by atoms with E-state index in [9.17, 15) is 4.79 Å². The number of rotatable bonds is 8. The number of piperazine rings is 1. The third kappa shape index (κ3) is 5.82. The van der Waals surface area contributed by atoms with E-state index in [-0.39, 0.29) is 5.91 Å². The predicted octanol–water partition coefficient (Wildman–Crippen LogP) is 4.64. The number of nitrogens with zero attached hydrogens (tertiary/aromatic N) is 3. The van der Waals surface area contributed by atoms with Crippen LogP contribution in [0.15, 0.2) is 41.3 Å². The predicted molar refractivity (Wildman–Crippen MR) is 137 cm³/mol. The lowest BCUT2D eigenvalue weighted by atomic mass is 10.1. The van der Waals surface area contributed by atoms with Crippen LogP contribution >= 0.6 is 23.1 Å². The number of hydrogen-bond acceptors (Lipinski definition) is 6. The number of aromatic nitrogens is 1. The average Bonchev–Trinajstić information content (AvgIpc) is 3.23. The molecule has 3 aromatic rings. The minimum Gasteiger partial charge on any atom is -0.355 e. The molecule has 5 nitrogen and oxygen atoms in total. The van der Waals surface area contributed by atoms with Gasteiger partial charge in [0, 0.05) is 56.3 Å². The molecule has 0 saturated carbocycles. The van der Waals surface area contributed by atoms with Crippen molar-refractivity contribution in [1.82, 2.24) is 15.2 Å². The Labute approximate surface area is 199 Å². The Bertz CT molecular complexity index is 1060. The number of aryl methyl sites for hydroxylation is 3. The molecule has 1 N–H and O–H groups in total. The first-order chi connectivity index (χ1) is 15.5. The number of amides is 1. The van der Waals surface area contributed by atoms with Crippen LogP contribution in [0.2, 0.25) is 0 Å². The smallest absolute Gasteiger partial charge is 0.220 e. The number of carbonyl (C=O) groups excluding carboxylic acids is 1. The van der Waals surface area contributed by atoms with E-state index in [0.717, 1.165) is 49.1 Å². The van der Waals surface area contributed by atoms with Gasteiger partial charge < -0.3 is 10.2 Å². The van der Waals surface area contributed by atoms with Crippen molar-refractivity contribution in [2.45, 2.75) is 32.1 Å². The van der Waals surface area contributed by atoms with Crippen molar-refractivity contribution >= 4 is 44.4 Å². The monoisotopic (exact) mass is 468 g/mol. The van der Waals surface area contributed by atoms with Gasteiger partial charge in [-0.15, -0.1) is 11.8 Å². The second kappa shape index (κ2) is 10.7. The Balaban J connectivity index is 1.15. The summed E-state index contributed by atoms with van der Waals surface area (Å²) < 4.78 is 1.27. The fourth-order valence-corrected chi connectivity index (χ4v) is 5.78. The van der Waals surface area contributed by atoms with Gasteiger partial charge in [0.1, 0.15) is 0 Å². The number of fused-ring (bicyclic) bond motifs is 1. The maximum atomic E-state index is 12.1. The molecule has 2 aromatic carbocycles. The van der Waals surface area contributed by atoms with Gasteiger partial charge in [0.25, 0.3) is 0 Å². The third-order valence-electron chi connectivity index (χ3n) is 6.09. The number of benzene rings is 2. The lowest BCUT2D eigenvalue weighted by molar-refractivity contribution is -0.120. The van der Waals surface area contributed by atoms with Crippen LogP contribution in [0.5, 0.6) is 0 Å². The minimum absolute atomic E-state index is 0.142. The summed E-state index contributed by atoms with van der Waals surface area (Å²) in [6.45, 7) is 12.0. The van der Waals surface area contributed by atoms with Crippen molar-refractivity contribution in [3.05, 3.63) is 53.1 Å². The molecule has 170 valence electrons. The van der Waals surface area contributed by atoms with Gasteiger partial charge in [-0.05, 0) is 50.1 Å². The van der Waals surface area contributed by atoms with E-state index in [4.69, 9.17) is 4.98 Å². The highest BCUT2D eigenvalue weighted by molar-refractivity contribution is 7.99. The van der Waals surface area contributed by atoms with Gasteiger partial charge in [-0.2, -0.15) is 0 Å². The Hall–Kier alpha value is -2.09. The normalized spacial score (nSPS) is 14.8. The molecule has 0 bridgehead atoms. The highest BCUT2D eigenvalue weighted by Crippen LogP contribution is 2.32. The molecular formula is C25H32N4OS2. The Morgan fingerprint density at radius 2 is 1.81 bits per heavy atom. The summed E-state index contributed by atoms with van der Waals surface area (Å²) >= 11 is 3.53. The largest absolute Gasteiger partial charge is 0.355 e. The highest BCUT2D eigenvalue weighted by atomic mass is 32.2. The lowest BCUT2D eigenvalue weighted by Gasteiger charge is -2.34. The minimum atomic E-state index is 0.142. The van der Waals surface area contributed by atoms with E-state index < -0.39 is 0 Å². The van der Waals surface area contributed by atoms with Crippen LogP contribution < -0.4 is 10.2 Å². The lowest BCUT2D eigenvalue weighted by Crippen LogP contribution is -2.48. The van der Waals surface area contributed by atoms with Crippen LogP contribution in [0.4, 0.5) is 5.13 Å². The van der Waals surface area contributed by atoms with Gasteiger partial charge in [-0.25, -0.2) is 4.98 Å². The maximum Gasteiger partial charge on any atom is 0.220 e. The Kier molecular flexibility index (Phi) is 7.71. The Morgan fingerprint density at radius 3 is 2.56 bits per heavy atom. The number of thiazole rings is 1. The maximum absolute atomic E-state index is 12.1. The van der Waals surface area contributed by atoms with Crippen LogP contribution in [0, 0.1) is 20.8 Å². The second-order valence-corrected chi connectivity index (χ2v) is 10.6. The molecular weight excluding hydrogens is 436 g/mol. The van der Waals surface area contributed by atoms with Gasteiger partial charge in [0.2, 0.25) is 5.91 Å². The molecule has 4 rings (SSSR count). The molecule has 0 aliphatic carbocycles. The van der Waals surface area contributed by atoms with E-state index in [1.807, 2.05) is 0 Å². The number of nitrogens with one attached hydrogen (secondary N) is 1. The second-order valence-electron chi connectivity index (χ2n) is 8.44. The van der Waals surface area contributed by atoms with Crippen molar-refractivity contribution in [3.8, 4) is 0 Å². The number of thioether (sulfide) groups is 1. The standard InChI is InChI=1S/C25H32N4OS2/c1-18-4-7-21(8-5-18)31-17-10-23(30)26-11-12-28-13-15-29(16-14-28)25-27-24-20(3)19(2)6-9-22(24)32-25/h4-9H,10-17H2,1-3H3,(H,26,30). The van der Waals surface area contributed by atoms with Crippen LogP contribution in [0.25, 0.3) is 10.2 Å². The summed E-state index contributed by atoms with van der Waals surface area (Å²) in [5.74, 6) is 0.956. The summed E-state index contributed by atoms with van der Waals surface area (Å²) in [4.78, 5) is 23.1. The van der Waals surface area contributed by atoms with Crippen molar-refractivity contribution < 1.29 is 4.79 Å². The quantitative estimate of drug-likeness (QED) is 0.488. The SMILES string of the molecule is Cc1ccc(SCCC(=O)NCCN2CCN(c3nc4c(C)c(C)ccc4s3)CC2)cc1. The molecule has 1 fully saturated rings. The molecule has 1 aliphatic rings. The van der Waals surface area contributed by atoms with E-state index >= 15 is 0 Å². The zero-order chi connectivity index (χ0) is 22.5. The average molecular weight is 469 g/mol. The number of carbonyl (C=O) groups is 1. The first kappa shape index (κ1) is 23.1. The van der Waals surface area contributed by atoms with E-state index in [2.05, 4.69) is 72.3 Å². The van der Waals surface area contributed by atoms with Crippen LogP contribution in [0.3, 0.4) is 0 Å². The third-order valence-corrected chi connectivity index (χ3v) is 8.18. The van der Waals surface area contributed by atoms with Crippen LogP contribution in [0.1, 0.15) is 23.1 Å². The molecule has 0 atom stereocenters. The van der Waals surface area contributed by atoms with Crippen LogP contribution in [-0.2, 0) is 4.79 Å². The summed E-state index contributed by atoms with van der Waals surface area (Å²) in [6.07, 6.45) is 0.558. The molecule has 7 heteroatoms. The van der Waals surface area contributed by atoms with Gasteiger partial charge in [-0.3, -0.25) is 9.69 Å². The first-order valence-electron chi connectivity index (χ1n) is 11.3. The number of hydrogen-bond donors (Lipinski definition) is 1. The summed E-state index contributed by atoms with van der Waals surface area (Å²) in [5, 5.41) is 4.21. The Morgan fingerprint density at radius 1 is 1.06 bits per heavy atom. The van der Waals surface area contributed by atoms with Gasteiger partial charge in [0.05, 0.1) is 10.2 Å². The highest BCUT2D eigenvalue weighted by Gasteiger charge is 2.20. The fourth-order valence-electron chi connectivity index (χ4n) is 3.85. The number of anilines is 1. The van der Waals surface area contributed by atoms with Crippen molar-refractivity contribution in [2.75, 3.05) is 49.9 Å². The van der Waals surface area contributed by atoms with Gasteiger partial charge in [-0.1, -0.05) is 35.1 Å². The molecule has 1 aliphatic heterocycles. The molecule has 32 heavy (non-hydrogen) atoms. The molecule has 0 spiro atoms. The van der Waals surface area contributed by atoms with Crippen LogP contribution in [-0.4, -0.2) is 60.8 Å². The molecule has 2 heterocycles. The van der Waals surface area contributed by atoms with Crippen molar-refractivity contribution in [3.63, 3.8) is 0 Å². The zero-order valence-corrected chi connectivity index (χ0v) is 20.8. The topological polar surface area (TPSA) is 48.5 Å². The zero-order valence-electron chi connectivity index (χ0n) is 19.2. The van der Waals surface area contributed by atoms with Gasteiger partial charge >= 0.3 is 0 Å². The molecule has 0 radical (unpaired) electrons. The van der Waals surface area contributed by atoms with Gasteiger partial charge in [0.15, 0.2) is 5.13 Å². The molecule has 1 amide bonds. The molecule has 0 unspecified atom stereocenters. The fraction of sp³-hybridized carbons (Fsp3) is 0.440. The van der Waals surface area contributed by atoms with E-state index in [0.29, 0.717) is 13.0 Å². The summed E-state index contributed by atoms with van der Waals surface area (Å²) in [6, 6.07) is 12.8. The van der Waals surface area contributed by atoms with E-state index in [1.54, 1.807) is 23.1 Å². The van der Waals surface area contributed by atoms with Crippen molar-refractivity contribution in [1.29, 1.82) is 0 Å². The summed E-state index contributed by atoms with van der Waals surface area (Å²) in [7, 11) is 0. The molecule has 1 saturated heterocycles.